The lowest BCUT2D eigenvalue weighted by Gasteiger charge is -2.22. The second-order valence-corrected chi connectivity index (χ2v) is 4.92. The number of aryl methyl sites for hydroxylation is 2. The van der Waals surface area contributed by atoms with Crippen molar-refractivity contribution in [3.05, 3.63) is 11.3 Å². The Morgan fingerprint density at radius 2 is 2.17 bits per heavy atom. The van der Waals surface area contributed by atoms with E-state index in [0.29, 0.717) is 6.54 Å². The molecule has 1 atom stereocenters. The number of nitrogens with zero attached hydrogens (tertiary/aromatic N) is 3. The maximum Gasteiger partial charge on any atom is 0.131 e. The van der Waals surface area contributed by atoms with Crippen molar-refractivity contribution in [1.82, 2.24) is 15.1 Å². The van der Waals surface area contributed by atoms with Gasteiger partial charge in [-0.3, -0.25) is 4.68 Å². The summed E-state index contributed by atoms with van der Waals surface area (Å²) in [5.74, 6) is 1.08. The van der Waals surface area contributed by atoms with Crippen LogP contribution in [0.5, 0.6) is 0 Å². The summed E-state index contributed by atoms with van der Waals surface area (Å²) >= 11 is 0. The fourth-order valence-corrected chi connectivity index (χ4v) is 2.25. The van der Waals surface area contributed by atoms with Gasteiger partial charge in [0.05, 0.1) is 11.8 Å². The molecule has 0 spiro atoms. The lowest BCUT2D eigenvalue weighted by atomic mass is 10.2. The van der Waals surface area contributed by atoms with E-state index in [9.17, 15) is 5.11 Å². The molecule has 18 heavy (non-hydrogen) atoms. The van der Waals surface area contributed by atoms with Crippen LogP contribution in [-0.2, 0) is 13.6 Å². The predicted octanol–water partition coefficient (Wildman–Crippen LogP) is 1.05. The molecule has 0 aliphatic rings. The fourth-order valence-electron chi connectivity index (χ4n) is 2.25. The first-order valence-electron chi connectivity index (χ1n) is 6.59. The Morgan fingerprint density at radius 1 is 1.50 bits per heavy atom. The Balaban J connectivity index is 2.87. The molecule has 0 saturated carbocycles. The number of nitrogens with one attached hydrogen (secondary N) is 1. The van der Waals surface area contributed by atoms with Crippen LogP contribution in [0.2, 0.25) is 0 Å². The number of aliphatic hydroxyl groups is 1. The summed E-state index contributed by atoms with van der Waals surface area (Å²) in [4.78, 5) is 2.06. The van der Waals surface area contributed by atoms with Gasteiger partial charge in [0, 0.05) is 32.7 Å². The van der Waals surface area contributed by atoms with Crippen LogP contribution in [-0.4, -0.2) is 41.1 Å². The maximum atomic E-state index is 9.50. The van der Waals surface area contributed by atoms with Crippen LogP contribution in [0.1, 0.15) is 31.5 Å². The lowest BCUT2D eigenvalue weighted by Crippen LogP contribution is -2.30. The van der Waals surface area contributed by atoms with Crippen molar-refractivity contribution in [3.63, 3.8) is 0 Å². The minimum absolute atomic E-state index is 0.346. The number of rotatable bonds is 7. The summed E-state index contributed by atoms with van der Waals surface area (Å²) in [6.45, 7) is 8.43. The third kappa shape index (κ3) is 3.71. The maximum absolute atomic E-state index is 9.50. The molecular weight excluding hydrogens is 228 g/mol. The highest BCUT2D eigenvalue weighted by Crippen LogP contribution is 2.22. The van der Waals surface area contributed by atoms with Gasteiger partial charge in [0.2, 0.25) is 0 Å². The molecule has 0 aliphatic carbocycles. The van der Waals surface area contributed by atoms with Crippen LogP contribution in [0.4, 0.5) is 5.82 Å². The van der Waals surface area contributed by atoms with Gasteiger partial charge in [0.25, 0.3) is 0 Å². The van der Waals surface area contributed by atoms with E-state index in [1.54, 1.807) is 6.92 Å². The highest BCUT2D eigenvalue weighted by atomic mass is 16.3. The van der Waals surface area contributed by atoms with E-state index < -0.39 is 0 Å². The molecular formula is C13H26N4O. The molecule has 0 aliphatic heterocycles. The largest absolute Gasteiger partial charge is 0.392 e. The molecule has 0 fully saturated rings. The summed E-state index contributed by atoms with van der Waals surface area (Å²) < 4.78 is 1.89. The molecule has 1 aromatic heterocycles. The van der Waals surface area contributed by atoms with Crippen molar-refractivity contribution in [3.8, 4) is 0 Å². The second kappa shape index (κ2) is 6.75. The van der Waals surface area contributed by atoms with E-state index in [-0.39, 0.29) is 6.10 Å². The molecule has 1 rings (SSSR count). The average molecular weight is 254 g/mol. The summed E-state index contributed by atoms with van der Waals surface area (Å²) in [6, 6.07) is 0. The third-order valence-corrected chi connectivity index (χ3v) is 2.94. The van der Waals surface area contributed by atoms with Gasteiger partial charge in [-0.05, 0) is 26.8 Å². The minimum Gasteiger partial charge on any atom is -0.392 e. The molecule has 1 heterocycles. The summed E-state index contributed by atoms with van der Waals surface area (Å²) in [5.41, 5.74) is 2.27. The number of hydrogen-bond acceptors (Lipinski definition) is 4. The topological polar surface area (TPSA) is 53.3 Å². The molecule has 1 unspecified atom stereocenters. The van der Waals surface area contributed by atoms with Crippen LogP contribution in [0, 0.1) is 6.92 Å². The Morgan fingerprint density at radius 3 is 2.72 bits per heavy atom. The standard InChI is InChI=1S/C13H26N4O/c1-6-7-14-8-12-11(3)15-17(5)13(12)16(4)9-10(2)18/h10,14,18H,6-9H2,1-5H3. The quantitative estimate of drug-likeness (QED) is 0.714. The van der Waals surface area contributed by atoms with Crippen LogP contribution in [0.3, 0.4) is 0 Å². The Bertz CT molecular complexity index is 373. The smallest absolute Gasteiger partial charge is 0.131 e. The number of aromatic nitrogens is 2. The molecule has 2 N–H and O–H groups in total. The summed E-state index contributed by atoms with van der Waals surface area (Å²) in [7, 11) is 3.94. The van der Waals surface area contributed by atoms with E-state index in [2.05, 4.69) is 22.2 Å². The zero-order chi connectivity index (χ0) is 13.7. The molecule has 0 radical (unpaired) electrons. The SMILES string of the molecule is CCCNCc1c(C)nn(C)c1N(C)CC(C)O. The van der Waals surface area contributed by atoms with Gasteiger partial charge in [-0.2, -0.15) is 5.10 Å². The first-order chi connectivity index (χ1) is 8.47. The highest BCUT2D eigenvalue weighted by Gasteiger charge is 2.17. The van der Waals surface area contributed by atoms with Crippen LogP contribution >= 0.6 is 0 Å². The van der Waals surface area contributed by atoms with E-state index in [1.165, 1.54) is 5.56 Å². The molecule has 1 aromatic rings. The molecule has 0 bridgehead atoms. The molecule has 5 heteroatoms. The van der Waals surface area contributed by atoms with Gasteiger partial charge in [0.15, 0.2) is 0 Å². The van der Waals surface area contributed by atoms with E-state index in [4.69, 9.17) is 0 Å². The normalized spacial score (nSPS) is 12.8. The third-order valence-electron chi connectivity index (χ3n) is 2.94. The zero-order valence-corrected chi connectivity index (χ0v) is 12.2. The van der Waals surface area contributed by atoms with Gasteiger partial charge in [-0.1, -0.05) is 6.92 Å². The zero-order valence-electron chi connectivity index (χ0n) is 12.2. The minimum atomic E-state index is -0.346. The molecule has 5 nitrogen and oxygen atoms in total. The molecule has 104 valence electrons. The van der Waals surface area contributed by atoms with Crippen molar-refractivity contribution in [2.24, 2.45) is 7.05 Å². The number of anilines is 1. The number of hydrogen-bond donors (Lipinski definition) is 2. The Labute approximate surface area is 110 Å². The van der Waals surface area contributed by atoms with Gasteiger partial charge in [-0.25, -0.2) is 0 Å². The first-order valence-corrected chi connectivity index (χ1v) is 6.59. The first kappa shape index (κ1) is 15.0. The monoisotopic (exact) mass is 254 g/mol. The van der Waals surface area contributed by atoms with Gasteiger partial charge in [0.1, 0.15) is 5.82 Å². The predicted molar refractivity (Wildman–Crippen MR) is 74.9 cm³/mol. The van der Waals surface area contributed by atoms with Crippen molar-refractivity contribution in [1.29, 1.82) is 0 Å². The molecule has 0 saturated heterocycles. The Hall–Kier alpha value is -1.07. The number of likely N-dealkylation sites (N-methyl/N-ethyl adjacent to an activating group) is 1. The van der Waals surface area contributed by atoms with Crippen molar-refractivity contribution < 1.29 is 5.11 Å². The average Bonchev–Trinajstić information content (AvgIpc) is 2.53. The van der Waals surface area contributed by atoms with Crippen molar-refractivity contribution in [2.45, 2.75) is 39.8 Å². The van der Waals surface area contributed by atoms with Crippen LogP contribution in [0.15, 0.2) is 0 Å². The van der Waals surface area contributed by atoms with Gasteiger partial charge >= 0.3 is 0 Å². The highest BCUT2D eigenvalue weighted by molar-refractivity contribution is 5.49. The van der Waals surface area contributed by atoms with Crippen molar-refractivity contribution >= 4 is 5.82 Å². The van der Waals surface area contributed by atoms with E-state index in [0.717, 1.165) is 31.0 Å². The van der Waals surface area contributed by atoms with Crippen LogP contribution < -0.4 is 10.2 Å². The van der Waals surface area contributed by atoms with E-state index >= 15 is 0 Å². The summed E-state index contributed by atoms with van der Waals surface area (Å²) in [5, 5.41) is 17.4. The van der Waals surface area contributed by atoms with E-state index in [1.807, 2.05) is 25.7 Å². The van der Waals surface area contributed by atoms with Crippen molar-refractivity contribution in [2.75, 3.05) is 25.0 Å². The van der Waals surface area contributed by atoms with Crippen LogP contribution in [0.25, 0.3) is 0 Å². The van der Waals surface area contributed by atoms with Gasteiger partial charge < -0.3 is 15.3 Å². The lowest BCUT2D eigenvalue weighted by molar-refractivity contribution is 0.201. The molecule has 0 amide bonds. The summed E-state index contributed by atoms with van der Waals surface area (Å²) in [6.07, 6.45) is 0.777. The Kier molecular flexibility index (Phi) is 5.62. The van der Waals surface area contributed by atoms with Gasteiger partial charge in [-0.15, -0.1) is 0 Å². The second-order valence-electron chi connectivity index (χ2n) is 4.92. The number of aliphatic hydroxyl groups excluding tert-OH is 1. The fraction of sp³-hybridized carbons (Fsp3) is 0.769. The molecule has 0 aromatic carbocycles.